The molecule has 0 aliphatic carbocycles. The molecular weight excluding hydrogens is 650 g/mol. The van der Waals surface area contributed by atoms with Crippen molar-refractivity contribution in [2.24, 2.45) is 0 Å². The van der Waals surface area contributed by atoms with Gasteiger partial charge in [0, 0.05) is 37.9 Å². The van der Waals surface area contributed by atoms with Gasteiger partial charge in [0.15, 0.2) is 11.6 Å². The smallest absolute Gasteiger partial charge is 0.421 e. The average molecular weight is 693 g/mol. The van der Waals surface area contributed by atoms with Gasteiger partial charge in [-0.25, -0.2) is 9.97 Å². The molecule has 2 aromatic carbocycles. The van der Waals surface area contributed by atoms with Gasteiger partial charge in [0.1, 0.15) is 11.1 Å². The van der Waals surface area contributed by atoms with E-state index >= 15 is 0 Å². The summed E-state index contributed by atoms with van der Waals surface area (Å²) in [5.74, 6) is -0.489. The number of nitrogens with zero attached hydrogens (tertiary/aromatic N) is 6. The quantitative estimate of drug-likeness (QED) is 0.177. The number of anilines is 4. The summed E-state index contributed by atoms with van der Waals surface area (Å²) < 4.78 is 90.0. The lowest BCUT2D eigenvalue weighted by molar-refractivity contribution is -0.138. The van der Waals surface area contributed by atoms with Crippen LogP contribution in [0.15, 0.2) is 60.9 Å². The molecule has 2 heterocycles. The Labute approximate surface area is 283 Å². The van der Waals surface area contributed by atoms with E-state index < -0.39 is 23.5 Å². The van der Waals surface area contributed by atoms with Gasteiger partial charge >= 0.3 is 24.4 Å². The van der Waals surface area contributed by atoms with Gasteiger partial charge in [-0.1, -0.05) is 65.8 Å². The van der Waals surface area contributed by atoms with Crippen LogP contribution in [0.3, 0.4) is 0 Å². The van der Waals surface area contributed by atoms with Crippen LogP contribution in [-0.2, 0) is 23.2 Å². The SMILES string of the molecule is CCOc1ncc(C(F)(F)F)c(N(C)c2cccc(C(C)(C)C)c2)n1.COc1ncc(C(F)(F)F)c(N(C)c2cccc(C(C)(C)C)c2)n1. The van der Waals surface area contributed by atoms with Crippen molar-refractivity contribution in [1.82, 2.24) is 19.9 Å². The van der Waals surface area contributed by atoms with Crippen LogP contribution in [0.25, 0.3) is 0 Å². The second-order valence-electron chi connectivity index (χ2n) is 13.1. The normalized spacial score (nSPS) is 12.2. The van der Waals surface area contributed by atoms with Crippen molar-refractivity contribution in [3.63, 3.8) is 0 Å². The fraction of sp³-hybridized carbons (Fsp3) is 0.429. The standard InChI is InChI=1S/C18H22F3N3O.C17H20F3N3O/c1-6-25-16-22-11-14(18(19,20)21)15(23-16)24(5)13-9-7-8-12(10-13)17(2,3)4;1-16(2,3)11-7-6-8-12(9-11)23(4)14-13(17(18,19)20)10-21-15(22-14)24-5/h7-11H,6H2,1-5H3;6-10H,1-5H3. The van der Waals surface area contributed by atoms with E-state index in [9.17, 15) is 26.3 Å². The molecule has 4 rings (SSSR count). The van der Waals surface area contributed by atoms with Crippen molar-refractivity contribution in [1.29, 1.82) is 0 Å². The molecule has 0 saturated heterocycles. The second kappa shape index (κ2) is 14.9. The molecule has 2 aromatic heterocycles. The molecule has 8 nitrogen and oxygen atoms in total. The molecule has 4 aromatic rings. The third-order valence-electron chi connectivity index (χ3n) is 7.39. The number of ether oxygens (including phenoxy) is 2. The predicted molar refractivity (Wildman–Crippen MR) is 178 cm³/mol. The fourth-order valence-corrected chi connectivity index (χ4v) is 4.53. The van der Waals surface area contributed by atoms with Crippen molar-refractivity contribution < 1.29 is 35.8 Å². The highest BCUT2D eigenvalue weighted by atomic mass is 19.4. The van der Waals surface area contributed by atoms with Gasteiger partial charge in [0.25, 0.3) is 0 Å². The van der Waals surface area contributed by atoms with Crippen LogP contribution in [0.5, 0.6) is 12.0 Å². The van der Waals surface area contributed by atoms with E-state index in [1.165, 1.54) is 16.9 Å². The summed E-state index contributed by atoms with van der Waals surface area (Å²) in [6.45, 7) is 14.3. The van der Waals surface area contributed by atoms with Crippen molar-refractivity contribution in [3.8, 4) is 12.0 Å². The Bertz CT molecular complexity index is 1710. The van der Waals surface area contributed by atoms with Crippen molar-refractivity contribution in [2.75, 3.05) is 37.6 Å². The first-order valence-corrected chi connectivity index (χ1v) is 15.3. The van der Waals surface area contributed by atoms with Gasteiger partial charge in [0.2, 0.25) is 0 Å². The molecule has 0 bridgehead atoms. The Balaban J connectivity index is 0.000000266. The van der Waals surface area contributed by atoms with E-state index in [0.29, 0.717) is 11.4 Å². The Morgan fingerprint density at radius 2 is 1.02 bits per heavy atom. The van der Waals surface area contributed by atoms with Gasteiger partial charge in [-0.3, -0.25) is 0 Å². The maximum Gasteiger partial charge on any atom is 0.421 e. The molecule has 0 atom stereocenters. The average Bonchev–Trinajstić information content (AvgIpc) is 3.02. The van der Waals surface area contributed by atoms with Gasteiger partial charge in [-0.2, -0.15) is 36.3 Å². The van der Waals surface area contributed by atoms with Crippen molar-refractivity contribution >= 4 is 23.0 Å². The summed E-state index contributed by atoms with van der Waals surface area (Å²) in [5, 5.41) is 0. The minimum absolute atomic E-state index is 0.0793. The molecule has 0 unspecified atom stereocenters. The Kier molecular flexibility index (Phi) is 11.8. The summed E-state index contributed by atoms with van der Waals surface area (Å²) >= 11 is 0. The van der Waals surface area contributed by atoms with Gasteiger partial charge in [-0.05, 0) is 53.1 Å². The number of benzene rings is 2. The number of alkyl halides is 6. The first-order chi connectivity index (χ1) is 22.6. The number of halogens is 6. The third-order valence-corrected chi connectivity index (χ3v) is 7.39. The number of aromatic nitrogens is 4. The van der Waals surface area contributed by atoms with Crippen molar-refractivity contribution in [2.45, 2.75) is 71.6 Å². The van der Waals surface area contributed by atoms with Crippen LogP contribution < -0.4 is 19.3 Å². The van der Waals surface area contributed by atoms with Crippen LogP contribution in [0, 0.1) is 0 Å². The van der Waals surface area contributed by atoms with Crippen LogP contribution in [0.2, 0.25) is 0 Å². The molecule has 14 heteroatoms. The molecule has 0 aliphatic rings. The van der Waals surface area contributed by atoms with Crippen LogP contribution in [0.1, 0.15) is 70.7 Å². The van der Waals surface area contributed by atoms with Crippen molar-refractivity contribution in [3.05, 3.63) is 83.2 Å². The summed E-state index contributed by atoms with van der Waals surface area (Å²) in [4.78, 5) is 17.9. The summed E-state index contributed by atoms with van der Waals surface area (Å²) in [6.07, 6.45) is -7.61. The molecule has 0 spiro atoms. The Hall–Kier alpha value is -4.62. The minimum atomic E-state index is -4.56. The summed E-state index contributed by atoms with van der Waals surface area (Å²) in [7, 11) is 4.40. The Morgan fingerprint density at radius 1 is 0.633 bits per heavy atom. The molecule has 0 aliphatic heterocycles. The van der Waals surface area contributed by atoms with Crippen LogP contribution >= 0.6 is 0 Å². The van der Waals surface area contributed by atoms with E-state index in [1.54, 1.807) is 33.2 Å². The molecular formula is C35H42F6N6O2. The lowest BCUT2D eigenvalue weighted by Crippen LogP contribution is -2.20. The lowest BCUT2D eigenvalue weighted by Gasteiger charge is -2.25. The summed E-state index contributed by atoms with van der Waals surface area (Å²) in [6, 6.07) is 14.6. The van der Waals surface area contributed by atoms with Gasteiger partial charge in [0.05, 0.1) is 13.7 Å². The maximum atomic E-state index is 13.4. The predicted octanol–water partition coefficient (Wildman–Crippen LogP) is 9.53. The molecule has 0 radical (unpaired) electrons. The number of hydrogen-bond donors (Lipinski definition) is 0. The molecule has 266 valence electrons. The molecule has 49 heavy (non-hydrogen) atoms. The fourth-order valence-electron chi connectivity index (χ4n) is 4.53. The van der Waals surface area contributed by atoms with E-state index in [1.807, 2.05) is 77.9 Å². The molecule has 0 fully saturated rings. The monoisotopic (exact) mass is 692 g/mol. The third kappa shape index (κ3) is 9.96. The number of methoxy groups -OCH3 is 1. The van der Waals surface area contributed by atoms with E-state index in [4.69, 9.17) is 9.47 Å². The topological polar surface area (TPSA) is 76.5 Å². The van der Waals surface area contributed by atoms with Crippen LogP contribution in [-0.4, -0.2) is 47.7 Å². The van der Waals surface area contributed by atoms with Gasteiger partial charge < -0.3 is 19.3 Å². The molecule has 0 N–H and O–H groups in total. The second-order valence-corrected chi connectivity index (χ2v) is 13.1. The first-order valence-electron chi connectivity index (χ1n) is 15.3. The molecule has 0 amide bonds. The van der Waals surface area contributed by atoms with Crippen LogP contribution in [0.4, 0.5) is 49.4 Å². The lowest BCUT2D eigenvalue weighted by atomic mass is 9.87. The largest absolute Gasteiger partial charge is 0.467 e. The highest BCUT2D eigenvalue weighted by Crippen LogP contribution is 2.40. The number of hydrogen-bond acceptors (Lipinski definition) is 8. The zero-order valence-electron chi connectivity index (χ0n) is 29.2. The number of rotatable bonds is 7. The van der Waals surface area contributed by atoms with E-state index in [0.717, 1.165) is 23.5 Å². The summed E-state index contributed by atoms with van der Waals surface area (Å²) in [5.41, 5.74) is 1.20. The highest BCUT2D eigenvalue weighted by Gasteiger charge is 2.38. The van der Waals surface area contributed by atoms with E-state index in [-0.39, 0.29) is 41.1 Å². The van der Waals surface area contributed by atoms with E-state index in [2.05, 4.69) is 19.9 Å². The zero-order valence-corrected chi connectivity index (χ0v) is 29.2. The highest BCUT2D eigenvalue weighted by molar-refractivity contribution is 5.65. The zero-order chi connectivity index (χ0) is 36.9. The minimum Gasteiger partial charge on any atom is -0.467 e. The molecule has 0 saturated carbocycles. The van der Waals surface area contributed by atoms with Gasteiger partial charge in [-0.15, -0.1) is 0 Å². The maximum absolute atomic E-state index is 13.4. The first kappa shape index (κ1) is 38.8. The Morgan fingerprint density at radius 3 is 1.37 bits per heavy atom.